The Hall–Kier alpha value is -3.86. The van der Waals surface area contributed by atoms with Crippen molar-refractivity contribution in [2.24, 2.45) is 0 Å². The fourth-order valence-corrected chi connectivity index (χ4v) is 1.86. The van der Waals surface area contributed by atoms with Gasteiger partial charge in [-0.1, -0.05) is 11.8 Å². The second kappa shape index (κ2) is 8.30. The largest absolute Gasteiger partial charge is 0.508 e. The number of hydrogen-bond acceptors (Lipinski definition) is 8. The second-order valence-electron chi connectivity index (χ2n) is 5.03. The minimum atomic E-state index is -0.742. The Morgan fingerprint density at radius 1 is 0.654 bits per heavy atom. The van der Waals surface area contributed by atoms with Gasteiger partial charge in [-0.15, -0.1) is 0 Å². The van der Waals surface area contributed by atoms with Crippen molar-refractivity contribution in [2.45, 2.75) is 12.8 Å². The molecule has 0 aliphatic carbocycles. The smallest absolute Gasteiger partial charge is 0.323 e. The number of benzene rings is 2. The van der Waals surface area contributed by atoms with Crippen molar-refractivity contribution < 1.29 is 39.5 Å². The van der Waals surface area contributed by atoms with Gasteiger partial charge in [-0.3, -0.25) is 9.59 Å². The number of phenols is 4. The summed E-state index contributed by atoms with van der Waals surface area (Å²) in [5, 5.41) is 37.1. The summed E-state index contributed by atoms with van der Waals surface area (Å²) in [5.41, 5.74) is 0. The Morgan fingerprint density at radius 3 is 1.27 bits per heavy atom. The van der Waals surface area contributed by atoms with Crippen LogP contribution in [0.25, 0.3) is 0 Å². The monoisotopic (exact) mass is 358 g/mol. The first-order chi connectivity index (χ1) is 12.3. The number of carbonyl (C=O) groups excluding carboxylic acids is 2. The van der Waals surface area contributed by atoms with Crippen LogP contribution in [0.4, 0.5) is 0 Å². The summed E-state index contributed by atoms with van der Waals surface area (Å²) >= 11 is 0. The van der Waals surface area contributed by atoms with Gasteiger partial charge in [-0.2, -0.15) is 0 Å². The van der Waals surface area contributed by atoms with E-state index in [9.17, 15) is 30.0 Å². The van der Waals surface area contributed by atoms with E-state index in [2.05, 4.69) is 11.8 Å². The maximum atomic E-state index is 11.6. The zero-order valence-corrected chi connectivity index (χ0v) is 13.3. The lowest BCUT2D eigenvalue weighted by atomic mass is 10.3. The molecule has 2 aromatic rings. The molecule has 0 aliphatic rings. The molecule has 0 fully saturated rings. The van der Waals surface area contributed by atoms with Gasteiger partial charge in [0.05, 0.1) is 0 Å². The molecule has 8 nitrogen and oxygen atoms in total. The van der Waals surface area contributed by atoms with Gasteiger partial charge in [0.25, 0.3) is 0 Å². The first kappa shape index (κ1) is 18.5. The van der Waals surface area contributed by atoms with E-state index in [0.717, 1.165) is 36.4 Å². The van der Waals surface area contributed by atoms with Gasteiger partial charge in [0, 0.05) is 36.4 Å². The Morgan fingerprint density at radius 2 is 0.962 bits per heavy atom. The molecular formula is C18H14O8. The molecule has 0 aromatic heterocycles. The fourth-order valence-electron chi connectivity index (χ4n) is 1.86. The van der Waals surface area contributed by atoms with Crippen LogP contribution >= 0.6 is 0 Å². The third kappa shape index (κ3) is 5.98. The summed E-state index contributed by atoms with van der Waals surface area (Å²) in [5.74, 6) is 2.22. The standard InChI is InChI=1S/C18H14O8/c19-11-5-12(20)8-15(7-11)25-17(23)3-1-2-4-18(24)26-16-9-13(21)6-14(22)10-16/h5-10,19-22H,3-4H2. The minimum absolute atomic E-state index is 0.0441. The molecule has 0 spiro atoms. The molecule has 0 bridgehead atoms. The summed E-state index contributed by atoms with van der Waals surface area (Å²) in [6.45, 7) is 0. The van der Waals surface area contributed by atoms with Gasteiger partial charge in [-0.25, -0.2) is 0 Å². The van der Waals surface area contributed by atoms with Crippen LogP contribution < -0.4 is 9.47 Å². The Kier molecular flexibility index (Phi) is 5.90. The molecule has 0 saturated carbocycles. The number of rotatable bonds is 4. The Bertz CT molecular complexity index is 780. The highest BCUT2D eigenvalue weighted by molar-refractivity contribution is 5.77. The lowest BCUT2D eigenvalue weighted by molar-refractivity contribution is -0.134. The fraction of sp³-hybridized carbons (Fsp3) is 0.111. The molecule has 0 heterocycles. The van der Waals surface area contributed by atoms with Crippen LogP contribution in [0.1, 0.15) is 12.8 Å². The van der Waals surface area contributed by atoms with E-state index in [1.165, 1.54) is 0 Å². The van der Waals surface area contributed by atoms with Crippen molar-refractivity contribution >= 4 is 11.9 Å². The van der Waals surface area contributed by atoms with Gasteiger partial charge in [0.2, 0.25) is 0 Å². The van der Waals surface area contributed by atoms with Gasteiger partial charge >= 0.3 is 11.9 Å². The molecule has 2 rings (SSSR count). The highest BCUT2D eigenvalue weighted by Crippen LogP contribution is 2.26. The van der Waals surface area contributed by atoms with Gasteiger partial charge < -0.3 is 29.9 Å². The maximum absolute atomic E-state index is 11.6. The topological polar surface area (TPSA) is 134 Å². The molecule has 0 atom stereocenters. The van der Waals surface area contributed by atoms with Crippen LogP contribution in [0.2, 0.25) is 0 Å². The first-order valence-corrected chi connectivity index (χ1v) is 7.25. The van der Waals surface area contributed by atoms with E-state index >= 15 is 0 Å². The van der Waals surface area contributed by atoms with Crippen LogP contribution in [-0.4, -0.2) is 32.4 Å². The molecule has 0 radical (unpaired) electrons. The predicted molar refractivity (Wildman–Crippen MR) is 87.8 cm³/mol. The van der Waals surface area contributed by atoms with E-state index in [0.29, 0.717) is 0 Å². The average Bonchev–Trinajstić information content (AvgIpc) is 2.49. The molecule has 0 aliphatic heterocycles. The molecule has 0 saturated heterocycles. The number of ether oxygens (including phenoxy) is 2. The van der Waals surface area contributed by atoms with Crippen molar-refractivity contribution in [1.82, 2.24) is 0 Å². The van der Waals surface area contributed by atoms with Crippen LogP contribution in [0.15, 0.2) is 36.4 Å². The number of hydrogen-bond donors (Lipinski definition) is 4. The quantitative estimate of drug-likeness (QED) is 0.369. The highest BCUT2D eigenvalue weighted by atomic mass is 16.5. The normalized spacial score (nSPS) is 9.69. The molecule has 0 amide bonds. The Labute approximate surface area is 147 Å². The third-order valence-electron chi connectivity index (χ3n) is 2.81. The summed E-state index contributed by atoms with van der Waals surface area (Å²) in [6, 6.07) is 6.74. The molecule has 4 N–H and O–H groups in total. The average molecular weight is 358 g/mol. The zero-order valence-electron chi connectivity index (χ0n) is 13.3. The van der Waals surface area contributed by atoms with E-state index in [-0.39, 0.29) is 47.3 Å². The Balaban J connectivity index is 1.82. The predicted octanol–water partition coefficient (Wildman–Crippen LogP) is 1.80. The molecule has 0 unspecified atom stereocenters. The van der Waals surface area contributed by atoms with E-state index < -0.39 is 11.9 Å². The maximum Gasteiger partial charge on any atom is 0.323 e. The van der Waals surface area contributed by atoms with Crippen LogP contribution in [0.3, 0.4) is 0 Å². The van der Waals surface area contributed by atoms with Gasteiger partial charge in [0.15, 0.2) is 0 Å². The summed E-state index contributed by atoms with van der Waals surface area (Å²) < 4.78 is 9.74. The van der Waals surface area contributed by atoms with Gasteiger partial charge in [-0.05, 0) is 0 Å². The third-order valence-corrected chi connectivity index (χ3v) is 2.81. The van der Waals surface area contributed by atoms with Crippen LogP contribution in [-0.2, 0) is 9.59 Å². The summed E-state index contributed by atoms with van der Waals surface area (Å²) in [7, 11) is 0. The molecular weight excluding hydrogens is 344 g/mol. The highest BCUT2D eigenvalue weighted by Gasteiger charge is 2.07. The molecule has 134 valence electrons. The van der Waals surface area contributed by atoms with Crippen molar-refractivity contribution in [3.63, 3.8) is 0 Å². The second-order valence-corrected chi connectivity index (χ2v) is 5.03. The lowest BCUT2D eigenvalue weighted by Crippen LogP contribution is -2.07. The molecule has 2 aromatic carbocycles. The number of esters is 2. The van der Waals surface area contributed by atoms with Crippen LogP contribution in [0.5, 0.6) is 34.5 Å². The lowest BCUT2D eigenvalue weighted by Gasteiger charge is -2.04. The number of carbonyl (C=O) groups is 2. The summed E-state index contributed by atoms with van der Waals surface area (Å²) in [4.78, 5) is 23.2. The van der Waals surface area contributed by atoms with Crippen molar-refractivity contribution in [3.05, 3.63) is 36.4 Å². The number of phenolic OH excluding ortho intramolecular Hbond substituents is 4. The molecule has 8 heteroatoms. The zero-order chi connectivity index (χ0) is 19.1. The number of aromatic hydroxyl groups is 4. The van der Waals surface area contributed by atoms with E-state index in [4.69, 9.17) is 9.47 Å². The first-order valence-electron chi connectivity index (χ1n) is 7.25. The van der Waals surface area contributed by atoms with Crippen molar-refractivity contribution in [2.75, 3.05) is 0 Å². The summed E-state index contributed by atoms with van der Waals surface area (Å²) in [6.07, 6.45) is -0.646. The van der Waals surface area contributed by atoms with E-state index in [1.807, 2.05) is 0 Å². The van der Waals surface area contributed by atoms with E-state index in [1.54, 1.807) is 0 Å². The van der Waals surface area contributed by atoms with Crippen LogP contribution in [0, 0.1) is 11.8 Å². The van der Waals surface area contributed by atoms with Gasteiger partial charge in [0.1, 0.15) is 47.3 Å². The minimum Gasteiger partial charge on any atom is -0.508 e. The molecule has 26 heavy (non-hydrogen) atoms. The van der Waals surface area contributed by atoms with Crippen molar-refractivity contribution in [3.8, 4) is 46.3 Å². The SMILES string of the molecule is O=C(CC#CCC(=O)Oc1cc(O)cc(O)c1)Oc1cc(O)cc(O)c1. The van der Waals surface area contributed by atoms with Crippen molar-refractivity contribution in [1.29, 1.82) is 0 Å².